The van der Waals surface area contributed by atoms with Gasteiger partial charge in [0.2, 0.25) is 0 Å². The molecule has 0 aliphatic carbocycles. The van der Waals surface area contributed by atoms with E-state index in [1.807, 2.05) is 12.5 Å². The van der Waals surface area contributed by atoms with Crippen LogP contribution in [0.15, 0.2) is 42.2 Å². The molecule has 3 rings (SSSR count). The summed E-state index contributed by atoms with van der Waals surface area (Å²) in [7, 11) is 0. The number of imidazole rings is 1. The molecule has 19 heavy (non-hydrogen) atoms. The summed E-state index contributed by atoms with van der Waals surface area (Å²) in [5.74, 6) is 0. The van der Waals surface area contributed by atoms with Crippen molar-refractivity contribution in [1.29, 1.82) is 0 Å². The van der Waals surface area contributed by atoms with Crippen molar-refractivity contribution in [1.82, 2.24) is 9.55 Å². The summed E-state index contributed by atoms with van der Waals surface area (Å²) < 4.78 is 3.54. The molecule has 98 valence electrons. The molecule has 0 atom stereocenters. The summed E-state index contributed by atoms with van der Waals surface area (Å²) in [6.07, 6.45) is 4.97. The van der Waals surface area contributed by atoms with Crippen LogP contribution in [-0.4, -0.2) is 9.55 Å². The van der Waals surface area contributed by atoms with Crippen molar-refractivity contribution in [3.05, 3.63) is 47.9 Å². The average Bonchev–Trinajstić information content (AvgIpc) is 3.05. The van der Waals surface area contributed by atoms with Gasteiger partial charge in [0, 0.05) is 23.1 Å². The molecule has 0 saturated heterocycles. The number of aryl methyl sites for hydroxylation is 1. The molecule has 0 aliphatic rings. The molecule has 1 N–H and O–H groups in total. The molecule has 0 unspecified atom stereocenters. The van der Waals surface area contributed by atoms with Crippen molar-refractivity contribution in [2.24, 2.45) is 0 Å². The van der Waals surface area contributed by atoms with Crippen molar-refractivity contribution in [3.63, 3.8) is 0 Å². The van der Waals surface area contributed by atoms with E-state index in [2.05, 4.69) is 51.4 Å². The minimum absolute atomic E-state index is 0.815. The van der Waals surface area contributed by atoms with Gasteiger partial charge in [-0.3, -0.25) is 0 Å². The Bertz CT molecular complexity index is 669. The molecule has 2 aromatic heterocycles. The lowest BCUT2D eigenvalue weighted by atomic mass is 10.2. The van der Waals surface area contributed by atoms with Crippen molar-refractivity contribution < 1.29 is 0 Å². The molecular weight excluding hydrogens is 254 g/mol. The molecule has 0 amide bonds. The number of hydrogen-bond acceptors (Lipinski definition) is 3. The summed E-state index contributed by atoms with van der Waals surface area (Å²) >= 11 is 1.78. The summed E-state index contributed by atoms with van der Waals surface area (Å²) in [5.41, 5.74) is 2.39. The first-order valence-electron chi connectivity index (χ1n) is 6.57. The molecule has 0 aliphatic heterocycles. The molecule has 2 heterocycles. The van der Waals surface area contributed by atoms with Gasteiger partial charge >= 0.3 is 0 Å². The number of nitrogens with one attached hydrogen (secondary N) is 1. The van der Waals surface area contributed by atoms with Gasteiger partial charge in [-0.2, -0.15) is 0 Å². The second kappa shape index (κ2) is 5.45. The maximum atomic E-state index is 4.22. The standard InChI is InChI=1S/C15H17N3S/c1-2-6-18-11-16-9-14(18)10-17-13-3-4-15-12(8-13)5-7-19-15/h3-5,7-9,11,17H,2,6,10H2,1H3. The molecule has 3 aromatic rings. The smallest absolute Gasteiger partial charge is 0.0948 e. The monoisotopic (exact) mass is 271 g/mol. The minimum Gasteiger partial charge on any atom is -0.379 e. The summed E-state index contributed by atoms with van der Waals surface area (Å²) in [4.78, 5) is 4.22. The van der Waals surface area contributed by atoms with E-state index in [1.165, 1.54) is 15.8 Å². The van der Waals surface area contributed by atoms with E-state index in [1.54, 1.807) is 11.3 Å². The number of hydrogen-bond donors (Lipinski definition) is 1. The van der Waals surface area contributed by atoms with Crippen LogP contribution in [0.2, 0.25) is 0 Å². The van der Waals surface area contributed by atoms with E-state index in [0.717, 1.165) is 25.2 Å². The van der Waals surface area contributed by atoms with Crippen LogP contribution in [-0.2, 0) is 13.1 Å². The van der Waals surface area contributed by atoms with Gasteiger partial charge in [-0.25, -0.2) is 4.98 Å². The number of anilines is 1. The Morgan fingerprint density at radius 2 is 2.26 bits per heavy atom. The van der Waals surface area contributed by atoms with Crippen molar-refractivity contribution in [3.8, 4) is 0 Å². The fourth-order valence-corrected chi connectivity index (χ4v) is 2.98. The highest BCUT2D eigenvalue weighted by atomic mass is 32.1. The molecule has 3 nitrogen and oxygen atoms in total. The molecule has 0 spiro atoms. The third kappa shape index (κ3) is 2.63. The lowest BCUT2D eigenvalue weighted by Gasteiger charge is -2.09. The molecular formula is C15H17N3S. The molecule has 4 heteroatoms. The highest BCUT2D eigenvalue weighted by Gasteiger charge is 2.02. The van der Waals surface area contributed by atoms with Crippen LogP contribution in [0.1, 0.15) is 19.0 Å². The van der Waals surface area contributed by atoms with Crippen LogP contribution in [0.4, 0.5) is 5.69 Å². The maximum absolute atomic E-state index is 4.22. The minimum atomic E-state index is 0.815. The third-order valence-electron chi connectivity index (χ3n) is 3.19. The van der Waals surface area contributed by atoms with Gasteiger partial charge in [0.25, 0.3) is 0 Å². The van der Waals surface area contributed by atoms with Crippen molar-refractivity contribution in [2.45, 2.75) is 26.4 Å². The summed E-state index contributed by atoms with van der Waals surface area (Å²) in [6, 6.07) is 8.67. The second-order valence-corrected chi connectivity index (χ2v) is 5.55. The van der Waals surface area contributed by atoms with Crippen LogP contribution in [0, 0.1) is 0 Å². The normalized spacial score (nSPS) is 11.0. The Kier molecular flexibility index (Phi) is 3.51. The predicted octanol–water partition coefficient (Wildman–Crippen LogP) is 4.12. The Balaban J connectivity index is 1.72. The number of rotatable bonds is 5. The largest absolute Gasteiger partial charge is 0.379 e. The van der Waals surface area contributed by atoms with Gasteiger partial charge in [-0.1, -0.05) is 6.92 Å². The molecule has 0 radical (unpaired) electrons. The van der Waals surface area contributed by atoms with Gasteiger partial charge < -0.3 is 9.88 Å². The van der Waals surface area contributed by atoms with Crippen molar-refractivity contribution >= 4 is 27.1 Å². The SMILES string of the molecule is CCCn1cncc1CNc1ccc2sccc2c1. The second-order valence-electron chi connectivity index (χ2n) is 4.61. The Morgan fingerprint density at radius 3 is 3.16 bits per heavy atom. The predicted molar refractivity (Wildman–Crippen MR) is 81.7 cm³/mol. The fourth-order valence-electron chi connectivity index (χ4n) is 2.21. The molecule has 1 aromatic carbocycles. The first-order valence-corrected chi connectivity index (χ1v) is 7.45. The van der Waals surface area contributed by atoms with Gasteiger partial charge in [0.05, 0.1) is 18.6 Å². The van der Waals surface area contributed by atoms with Crippen LogP contribution in [0.5, 0.6) is 0 Å². The van der Waals surface area contributed by atoms with Gasteiger partial charge in [-0.05, 0) is 41.5 Å². The zero-order valence-corrected chi connectivity index (χ0v) is 11.8. The summed E-state index contributed by atoms with van der Waals surface area (Å²) in [6.45, 7) is 4.03. The first-order chi connectivity index (χ1) is 9.36. The highest BCUT2D eigenvalue weighted by Crippen LogP contribution is 2.24. The Morgan fingerprint density at radius 1 is 1.32 bits per heavy atom. The number of fused-ring (bicyclic) bond motifs is 1. The number of aromatic nitrogens is 2. The van der Waals surface area contributed by atoms with E-state index in [4.69, 9.17) is 0 Å². The van der Waals surface area contributed by atoms with E-state index in [0.29, 0.717) is 0 Å². The van der Waals surface area contributed by atoms with E-state index < -0.39 is 0 Å². The van der Waals surface area contributed by atoms with Crippen LogP contribution < -0.4 is 5.32 Å². The lowest BCUT2D eigenvalue weighted by molar-refractivity contribution is 0.651. The van der Waals surface area contributed by atoms with Crippen molar-refractivity contribution in [2.75, 3.05) is 5.32 Å². The van der Waals surface area contributed by atoms with E-state index in [9.17, 15) is 0 Å². The van der Waals surface area contributed by atoms with Crippen LogP contribution in [0.25, 0.3) is 10.1 Å². The molecule has 0 saturated carbocycles. The van der Waals surface area contributed by atoms with Crippen LogP contribution in [0.3, 0.4) is 0 Å². The number of benzene rings is 1. The van der Waals surface area contributed by atoms with E-state index in [-0.39, 0.29) is 0 Å². The van der Waals surface area contributed by atoms with Gasteiger partial charge in [0.15, 0.2) is 0 Å². The Hall–Kier alpha value is -1.81. The highest BCUT2D eigenvalue weighted by molar-refractivity contribution is 7.17. The lowest BCUT2D eigenvalue weighted by Crippen LogP contribution is -2.06. The first kappa shape index (κ1) is 12.2. The Labute approximate surface area is 116 Å². The quantitative estimate of drug-likeness (QED) is 0.756. The average molecular weight is 271 g/mol. The molecule has 0 bridgehead atoms. The number of nitrogens with zero attached hydrogens (tertiary/aromatic N) is 2. The third-order valence-corrected chi connectivity index (χ3v) is 4.09. The molecule has 0 fully saturated rings. The fraction of sp³-hybridized carbons (Fsp3) is 0.267. The zero-order chi connectivity index (χ0) is 13.1. The number of thiophene rings is 1. The van der Waals surface area contributed by atoms with Gasteiger partial charge in [-0.15, -0.1) is 11.3 Å². The van der Waals surface area contributed by atoms with Crippen LogP contribution >= 0.6 is 11.3 Å². The zero-order valence-electron chi connectivity index (χ0n) is 11.0. The summed E-state index contributed by atoms with van der Waals surface area (Å²) in [5, 5.41) is 6.90. The van der Waals surface area contributed by atoms with Gasteiger partial charge in [0.1, 0.15) is 0 Å². The van der Waals surface area contributed by atoms with E-state index >= 15 is 0 Å². The topological polar surface area (TPSA) is 29.9 Å². The maximum Gasteiger partial charge on any atom is 0.0948 e.